The van der Waals surface area contributed by atoms with E-state index in [0.717, 1.165) is 19.3 Å². The minimum atomic E-state index is -0.973. The first-order valence-corrected chi connectivity index (χ1v) is 8.37. The molecular formula is C17H33NO4. The Hall–Kier alpha value is -1.26. The molecule has 0 radical (unpaired) electrons. The summed E-state index contributed by atoms with van der Waals surface area (Å²) in [6.45, 7) is 7.49. The molecule has 0 aromatic heterocycles. The summed E-state index contributed by atoms with van der Waals surface area (Å²) in [6, 6.07) is -0.814. The van der Waals surface area contributed by atoms with Crippen LogP contribution >= 0.6 is 0 Å². The fourth-order valence-corrected chi connectivity index (χ4v) is 2.24. The first kappa shape index (κ1) is 20.7. The predicted molar refractivity (Wildman–Crippen MR) is 88.0 cm³/mol. The molecule has 1 N–H and O–H groups in total. The summed E-state index contributed by atoms with van der Waals surface area (Å²) in [6.07, 6.45) is 7.78. The van der Waals surface area contributed by atoms with Crippen LogP contribution in [0.4, 0.5) is 4.79 Å². The maximum Gasteiger partial charge on any atom is 0.410 e. The summed E-state index contributed by atoms with van der Waals surface area (Å²) in [5.74, 6) is -0.973. The molecule has 130 valence electrons. The Morgan fingerprint density at radius 1 is 1.05 bits per heavy atom. The molecule has 0 fully saturated rings. The molecular weight excluding hydrogens is 282 g/mol. The summed E-state index contributed by atoms with van der Waals surface area (Å²) in [5.41, 5.74) is -0.617. The van der Waals surface area contributed by atoms with E-state index in [1.807, 2.05) is 0 Å². The molecule has 0 saturated carbocycles. The average molecular weight is 315 g/mol. The second kappa shape index (κ2) is 10.5. The lowest BCUT2D eigenvalue weighted by Gasteiger charge is -2.28. The van der Waals surface area contributed by atoms with Crippen molar-refractivity contribution < 1.29 is 19.4 Å². The van der Waals surface area contributed by atoms with E-state index < -0.39 is 23.7 Å². The standard InChI is InChI=1S/C17H33NO4/c1-6-7-8-9-10-11-12-13-14(15(19)20)18(5)16(21)22-17(2,3)4/h14H,6-13H2,1-5H3,(H,19,20)/t14-/m0/s1. The van der Waals surface area contributed by atoms with Crippen molar-refractivity contribution in [2.24, 2.45) is 0 Å². The molecule has 22 heavy (non-hydrogen) atoms. The van der Waals surface area contributed by atoms with Crippen molar-refractivity contribution in [3.63, 3.8) is 0 Å². The van der Waals surface area contributed by atoms with E-state index in [9.17, 15) is 14.7 Å². The number of nitrogens with zero attached hydrogens (tertiary/aromatic N) is 1. The van der Waals surface area contributed by atoms with E-state index in [-0.39, 0.29) is 0 Å². The number of amides is 1. The van der Waals surface area contributed by atoms with Gasteiger partial charge in [-0.2, -0.15) is 0 Å². The molecule has 1 atom stereocenters. The molecule has 1 amide bonds. The number of hydrogen-bond donors (Lipinski definition) is 1. The number of hydrogen-bond acceptors (Lipinski definition) is 3. The summed E-state index contributed by atoms with van der Waals surface area (Å²) in [5, 5.41) is 9.31. The van der Waals surface area contributed by atoms with E-state index >= 15 is 0 Å². The van der Waals surface area contributed by atoms with E-state index in [2.05, 4.69) is 6.92 Å². The van der Waals surface area contributed by atoms with Gasteiger partial charge in [0.1, 0.15) is 11.6 Å². The van der Waals surface area contributed by atoms with Crippen LogP contribution in [0.5, 0.6) is 0 Å². The van der Waals surface area contributed by atoms with Gasteiger partial charge in [0.2, 0.25) is 0 Å². The number of carbonyl (C=O) groups is 2. The van der Waals surface area contributed by atoms with Crippen LogP contribution in [0.25, 0.3) is 0 Å². The third kappa shape index (κ3) is 9.64. The number of aliphatic carboxylic acids is 1. The van der Waals surface area contributed by atoms with Crippen LogP contribution in [-0.2, 0) is 9.53 Å². The zero-order valence-electron chi connectivity index (χ0n) is 14.9. The number of rotatable bonds is 10. The molecule has 0 saturated heterocycles. The minimum Gasteiger partial charge on any atom is -0.480 e. The monoisotopic (exact) mass is 315 g/mol. The second-order valence-electron chi connectivity index (χ2n) is 6.86. The number of unbranched alkanes of at least 4 members (excludes halogenated alkanes) is 6. The third-order valence-electron chi connectivity index (χ3n) is 3.52. The second-order valence-corrected chi connectivity index (χ2v) is 6.86. The van der Waals surface area contributed by atoms with Crippen LogP contribution in [-0.4, -0.2) is 40.8 Å². The van der Waals surface area contributed by atoms with Gasteiger partial charge in [0, 0.05) is 7.05 Å². The maximum atomic E-state index is 12.0. The smallest absolute Gasteiger partial charge is 0.410 e. The predicted octanol–water partition coefficient (Wildman–Crippen LogP) is 4.45. The molecule has 0 heterocycles. The first-order chi connectivity index (χ1) is 10.2. The highest BCUT2D eigenvalue weighted by atomic mass is 16.6. The Kier molecular flexibility index (Phi) is 9.86. The zero-order valence-corrected chi connectivity index (χ0v) is 14.9. The average Bonchev–Trinajstić information content (AvgIpc) is 2.39. The van der Waals surface area contributed by atoms with Gasteiger partial charge >= 0.3 is 12.1 Å². The Morgan fingerprint density at radius 2 is 1.55 bits per heavy atom. The largest absolute Gasteiger partial charge is 0.480 e. The van der Waals surface area contributed by atoms with E-state index in [4.69, 9.17) is 4.74 Å². The van der Waals surface area contributed by atoms with Gasteiger partial charge < -0.3 is 9.84 Å². The summed E-state index contributed by atoms with van der Waals surface area (Å²) >= 11 is 0. The Balaban J connectivity index is 4.20. The van der Waals surface area contributed by atoms with Crippen molar-refractivity contribution in [2.45, 2.75) is 90.7 Å². The molecule has 0 unspecified atom stereocenters. The number of carbonyl (C=O) groups excluding carboxylic acids is 1. The molecule has 0 aliphatic heterocycles. The quantitative estimate of drug-likeness (QED) is 0.605. The Labute approximate surface area is 135 Å². The summed E-state index contributed by atoms with van der Waals surface area (Å²) in [7, 11) is 1.49. The summed E-state index contributed by atoms with van der Waals surface area (Å²) < 4.78 is 5.23. The van der Waals surface area contributed by atoms with Gasteiger partial charge in [-0.25, -0.2) is 9.59 Å². The molecule has 0 bridgehead atoms. The van der Waals surface area contributed by atoms with Gasteiger partial charge in [0.15, 0.2) is 0 Å². The topological polar surface area (TPSA) is 66.8 Å². The van der Waals surface area contributed by atoms with Gasteiger partial charge in [0.25, 0.3) is 0 Å². The van der Waals surface area contributed by atoms with Crippen molar-refractivity contribution in [3.05, 3.63) is 0 Å². The highest BCUT2D eigenvalue weighted by Gasteiger charge is 2.29. The Bertz CT molecular complexity index is 336. The molecule has 5 heteroatoms. The van der Waals surface area contributed by atoms with Crippen molar-refractivity contribution in [1.29, 1.82) is 0 Å². The van der Waals surface area contributed by atoms with Gasteiger partial charge in [-0.15, -0.1) is 0 Å². The number of carboxylic acids is 1. The van der Waals surface area contributed by atoms with Crippen molar-refractivity contribution in [3.8, 4) is 0 Å². The van der Waals surface area contributed by atoms with E-state index in [1.165, 1.54) is 37.6 Å². The fraction of sp³-hybridized carbons (Fsp3) is 0.882. The molecule has 0 rings (SSSR count). The number of ether oxygens (including phenoxy) is 1. The Morgan fingerprint density at radius 3 is 2.00 bits per heavy atom. The van der Waals surface area contributed by atoms with Gasteiger partial charge in [-0.1, -0.05) is 51.9 Å². The van der Waals surface area contributed by atoms with E-state index in [0.29, 0.717) is 6.42 Å². The molecule has 0 aliphatic rings. The highest BCUT2D eigenvalue weighted by Crippen LogP contribution is 2.15. The van der Waals surface area contributed by atoms with Crippen LogP contribution in [0.3, 0.4) is 0 Å². The lowest BCUT2D eigenvalue weighted by molar-refractivity contribution is -0.143. The lowest BCUT2D eigenvalue weighted by atomic mass is 10.0. The highest BCUT2D eigenvalue weighted by molar-refractivity contribution is 5.79. The molecule has 0 aromatic rings. The molecule has 0 spiro atoms. The van der Waals surface area contributed by atoms with Crippen molar-refractivity contribution in [2.75, 3.05) is 7.05 Å². The van der Waals surface area contributed by atoms with Crippen LogP contribution in [0.2, 0.25) is 0 Å². The normalized spacial score (nSPS) is 12.8. The number of likely N-dealkylation sites (N-methyl/N-ethyl adjacent to an activating group) is 1. The zero-order chi connectivity index (χ0) is 17.2. The molecule has 5 nitrogen and oxygen atoms in total. The minimum absolute atomic E-state index is 0.471. The van der Waals surface area contributed by atoms with Gasteiger partial charge in [-0.3, -0.25) is 4.90 Å². The lowest BCUT2D eigenvalue weighted by Crippen LogP contribution is -2.44. The van der Waals surface area contributed by atoms with Gasteiger partial charge in [-0.05, 0) is 27.2 Å². The molecule has 0 aliphatic carbocycles. The van der Waals surface area contributed by atoms with Crippen LogP contribution in [0.1, 0.15) is 79.1 Å². The van der Waals surface area contributed by atoms with E-state index in [1.54, 1.807) is 20.8 Å². The fourth-order valence-electron chi connectivity index (χ4n) is 2.24. The van der Waals surface area contributed by atoms with Crippen molar-refractivity contribution in [1.82, 2.24) is 4.90 Å². The summed E-state index contributed by atoms with van der Waals surface area (Å²) in [4.78, 5) is 24.5. The van der Waals surface area contributed by atoms with Crippen molar-refractivity contribution >= 4 is 12.1 Å². The first-order valence-electron chi connectivity index (χ1n) is 8.37. The van der Waals surface area contributed by atoms with Crippen LogP contribution in [0, 0.1) is 0 Å². The third-order valence-corrected chi connectivity index (χ3v) is 3.52. The van der Waals surface area contributed by atoms with Gasteiger partial charge in [0.05, 0.1) is 0 Å². The maximum absolute atomic E-state index is 12.0. The van der Waals surface area contributed by atoms with Crippen LogP contribution < -0.4 is 0 Å². The van der Waals surface area contributed by atoms with Crippen LogP contribution in [0.15, 0.2) is 0 Å². The SMILES string of the molecule is CCCCCCCCC[C@@H](C(=O)O)N(C)C(=O)OC(C)(C)C. The molecule has 0 aromatic carbocycles. The number of carboxylic acid groups (broad SMARTS) is 1.